The molecule has 1 aromatic heterocycles. The van der Waals surface area contributed by atoms with Crippen LogP contribution in [0.1, 0.15) is 16.1 Å². The van der Waals surface area contributed by atoms with E-state index in [9.17, 15) is 4.79 Å². The molecule has 4 nitrogen and oxygen atoms in total. The molecule has 2 N–H and O–H groups in total. The highest BCUT2D eigenvalue weighted by Gasteiger charge is 2.13. The lowest BCUT2D eigenvalue weighted by atomic mass is 10.2. The molecule has 0 aliphatic carbocycles. The topological polar surface area (TPSA) is 62.5 Å². The standard InChI is InChI=1S/C12H9BrClNO3/c13-8-1-2-10(9(14)5-8)15-6-7-3-4-18-11(7)12(16)17/h1-5,15H,6H2,(H,16,17). The summed E-state index contributed by atoms with van der Waals surface area (Å²) in [7, 11) is 0. The highest BCUT2D eigenvalue weighted by Crippen LogP contribution is 2.26. The molecule has 0 spiro atoms. The summed E-state index contributed by atoms with van der Waals surface area (Å²) in [4.78, 5) is 10.9. The lowest BCUT2D eigenvalue weighted by Crippen LogP contribution is -2.04. The van der Waals surface area contributed by atoms with Gasteiger partial charge in [-0.2, -0.15) is 0 Å². The van der Waals surface area contributed by atoms with Crippen molar-refractivity contribution in [1.29, 1.82) is 0 Å². The van der Waals surface area contributed by atoms with Gasteiger partial charge in [0.2, 0.25) is 5.76 Å². The molecule has 0 aliphatic rings. The van der Waals surface area contributed by atoms with Crippen molar-refractivity contribution in [2.45, 2.75) is 6.54 Å². The normalized spacial score (nSPS) is 10.3. The Hall–Kier alpha value is -1.46. The third-order valence-corrected chi connectivity index (χ3v) is 3.15. The lowest BCUT2D eigenvalue weighted by Gasteiger charge is -2.07. The van der Waals surface area contributed by atoms with Crippen molar-refractivity contribution in [3.05, 3.63) is 51.3 Å². The van der Waals surface area contributed by atoms with Crippen LogP contribution in [-0.2, 0) is 6.54 Å². The molecule has 1 heterocycles. The van der Waals surface area contributed by atoms with E-state index in [0.717, 1.165) is 10.2 Å². The van der Waals surface area contributed by atoms with E-state index in [0.29, 0.717) is 17.1 Å². The first-order valence-electron chi connectivity index (χ1n) is 5.06. The summed E-state index contributed by atoms with van der Waals surface area (Å²) in [5.41, 5.74) is 1.30. The highest BCUT2D eigenvalue weighted by atomic mass is 79.9. The summed E-state index contributed by atoms with van der Waals surface area (Å²) in [6.07, 6.45) is 1.35. The Kier molecular flexibility index (Phi) is 3.93. The Labute approximate surface area is 117 Å². The molecule has 0 saturated carbocycles. The van der Waals surface area contributed by atoms with E-state index in [1.807, 2.05) is 12.1 Å². The molecule has 0 unspecified atom stereocenters. The summed E-state index contributed by atoms with van der Waals surface area (Å²) in [6, 6.07) is 7.04. The Morgan fingerprint density at radius 3 is 2.89 bits per heavy atom. The molecule has 0 radical (unpaired) electrons. The molecule has 0 aliphatic heterocycles. The maximum atomic E-state index is 10.9. The smallest absolute Gasteiger partial charge is 0.372 e. The predicted octanol–water partition coefficient (Wildman–Crippen LogP) is 4.01. The van der Waals surface area contributed by atoms with Crippen LogP contribution in [0.4, 0.5) is 5.69 Å². The number of furan rings is 1. The van der Waals surface area contributed by atoms with Gasteiger partial charge >= 0.3 is 5.97 Å². The molecule has 1 aromatic carbocycles. The van der Waals surface area contributed by atoms with E-state index in [1.165, 1.54) is 6.26 Å². The molecule has 0 fully saturated rings. The molecule has 2 aromatic rings. The molecular weight excluding hydrogens is 321 g/mol. The number of carbonyl (C=O) groups is 1. The Balaban J connectivity index is 2.11. The molecule has 6 heteroatoms. The zero-order valence-electron chi connectivity index (χ0n) is 9.11. The minimum atomic E-state index is -1.08. The zero-order chi connectivity index (χ0) is 13.1. The van der Waals surface area contributed by atoms with Gasteiger partial charge in [0.1, 0.15) is 0 Å². The first-order valence-corrected chi connectivity index (χ1v) is 6.23. The monoisotopic (exact) mass is 329 g/mol. The van der Waals surface area contributed by atoms with Gasteiger partial charge < -0.3 is 14.8 Å². The first kappa shape index (κ1) is 13.0. The highest BCUT2D eigenvalue weighted by molar-refractivity contribution is 9.10. The van der Waals surface area contributed by atoms with Crippen molar-refractivity contribution in [3.63, 3.8) is 0 Å². The van der Waals surface area contributed by atoms with E-state index >= 15 is 0 Å². The first-order chi connectivity index (χ1) is 8.58. The van der Waals surface area contributed by atoms with Gasteiger partial charge in [-0.15, -0.1) is 0 Å². The molecule has 2 rings (SSSR count). The molecule has 0 saturated heterocycles. The molecule has 0 amide bonds. The fourth-order valence-corrected chi connectivity index (χ4v) is 2.23. The van der Waals surface area contributed by atoms with Gasteiger partial charge in [0.05, 0.1) is 17.0 Å². The van der Waals surface area contributed by atoms with E-state index in [2.05, 4.69) is 21.2 Å². The number of carboxylic acid groups (broad SMARTS) is 1. The van der Waals surface area contributed by atoms with E-state index in [1.54, 1.807) is 12.1 Å². The van der Waals surface area contributed by atoms with Gasteiger partial charge in [-0.1, -0.05) is 27.5 Å². The predicted molar refractivity (Wildman–Crippen MR) is 72.1 cm³/mol. The minimum absolute atomic E-state index is 0.0595. The van der Waals surface area contributed by atoms with Crippen molar-refractivity contribution in [2.24, 2.45) is 0 Å². The number of carboxylic acids is 1. The van der Waals surface area contributed by atoms with Crippen LogP contribution in [-0.4, -0.2) is 11.1 Å². The number of anilines is 1. The quantitative estimate of drug-likeness (QED) is 0.889. The molecule has 0 bridgehead atoms. The number of hydrogen-bond acceptors (Lipinski definition) is 3. The maximum absolute atomic E-state index is 10.9. The van der Waals surface area contributed by atoms with Crippen molar-refractivity contribution in [3.8, 4) is 0 Å². The number of aromatic carboxylic acids is 1. The van der Waals surface area contributed by atoms with Gasteiger partial charge in [-0.25, -0.2) is 4.79 Å². The number of benzene rings is 1. The van der Waals surface area contributed by atoms with E-state index in [-0.39, 0.29) is 5.76 Å². The van der Waals surface area contributed by atoms with Gasteiger partial charge in [0.15, 0.2) is 0 Å². The van der Waals surface area contributed by atoms with Gasteiger partial charge in [-0.3, -0.25) is 0 Å². The third kappa shape index (κ3) is 2.86. The molecule has 18 heavy (non-hydrogen) atoms. The summed E-state index contributed by atoms with van der Waals surface area (Å²) >= 11 is 9.35. The number of halogens is 2. The van der Waals surface area contributed by atoms with Crippen LogP contribution in [0.15, 0.2) is 39.4 Å². The lowest BCUT2D eigenvalue weighted by molar-refractivity contribution is 0.0661. The van der Waals surface area contributed by atoms with Gasteiger partial charge in [-0.05, 0) is 24.3 Å². The van der Waals surface area contributed by atoms with Crippen LogP contribution >= 0.6 is 27.5 Å². The van der Waals surface area contributed by atoms with Crippen LogP contribution in [0.3, 0.4) is 0 Å². The van der Waals surface area contributed by atoms with Gasteiger partial charge in [0, 0.05) is 16.6 Å². The Bertz CT molecular complexity index is 582. The van der Waals surface area contributed by atoms with E-state index < -0.39 is 5.97 Å². The molecule has 94 valence electrons. The second-order valence-electron chi connectivity index (χ2n) is 3.56. The Morgan fingerprint density at radius 2 is 2.22 bits per heavy atom. The Morgan fingerprint density at radius 1 is 1.44 bits per heavy atom. The minimum Gasteiger partial charge on any atom is -0.475 e. The average molecular weight is 331 g/mol. The summed E-state index contributed by atoms with van der Waals surface area (Å²) in [5.74, 6) is -1.14. The van der Waals surface area contributed by atoms with Crippen molar-refractivity contribution < 1.29 is 14.3 Å². The zero-order valence-corrected chi connectivity index (χ0v) is 11.5. The van der Waals surface area contributed by atoms with E-state index in [4.69, 9.17) is 21.1 Å². The van der Waals surface area contributed by atoms with Crippen LogP contribution in [0.2, 0.25) is 5.02 Å². The number of nitrogens with one attached hydrogen (secondary N) is 1. The van der Waals surface area contributed by atoms with Crippen LogP contribution < -0.4 is 5.32 Å². The van der Waals surface area contributed by atoms with Crippen LogP contribution in [0, 0.1) is 0 Å². The second kappa shape index (κ2) is 5.46. The average Bonchev–Trinajstić information content (AvgIpc) is 2.76. The third-order valence-electron chi connectivity index (χ3n) is 2.34. The summed E-state index contributed by atoms with van der Waals surface area (Å²) in [6.45, 7) is 0.333. The molecular formula is C12H9BrClNO3. The fourth-order valence-electron chi connectivity index (χ4n) is 1.49. The maximum Gasteiger partial charge on any atom is 0.372 e. The summed E-state index contributed by atoms with van der Waals surface area (Å²) < 4.78 is 5.77. The van der Waals surface area contributed by atoms with Crippen molar-refractivity contribution in [2.75, 3.05) is 5.32 Å². The van der Waals surface area contributed by atoms with Crippen LogP contribution in [0.25, 0.3) is 0 Å². The van der Waals surface area contributed by atoms with Crippen molar-refractivity contribution >= 4 is 39.2 Å². The van der Waals surface area contributed by atoms with Crippen molar-refractivity contribution in [1.82, 2.24) is 0 Å². The SMILES string of the molecule is O=C(O)c1occc1CNc1ccc(Br)cc1Cl. The fraction of sp³-hybridized carbons (Fsp3) is 0.0833. The number of rotatable bonds is 4. The summed E-state index contributed by atoms with van der Waals surface area (Å²) in [5, 5.41) is 12.5. The largest absolute Gasteiger partial charge is 0.475 e. The molecule has 0 atom stereocenters. The van der Waals surface area contributed by atoms with Gasteiger partial charge in [0.25, 0.3) is 0 Å². The second-order valence-corrected chi connectivity index (χ2v) is 4.88. The van der Waals surface area contributed by atoms with Crippen LogP contribution in [0.5, 0.6) is 0 Å². The number of hydrogen-bond donors (Lipinski definition) is 2.